The lowest BCUT2D eigenvalue weighted by Gasteiger charge is -2.26. The van der Waals surface area contributed by atoms with E-state index >= 15 is 0 Å². The number of benzene rings is 2. The Labute approximate surface area is 170 Å². The van der Waals surface area contributed by atoms with E-state index in [1.807, 2.05) is 6.07 Å². The third-order valence-corrected chi connectivity index (χ3v) is 6.52. The topological polar surface area (TPSA) is 96.7 Å². The maximum absolute atomic E-state index is 12.6. The molecule has 1 fully saturated rings. The molecule has 152 valence electrons. The van der Waals surface area contributed by atoms with Crippen LogP contribution in [0.4, 0.5) is 0 Å². The predicted octanol–water partition coefficient (Wildman–Crippen LogP) is 2.26. The number of esters is 1. The van der Waals surface area contributed by atoms with Crippen molar-refractivity contribution in [2.45, 2.75) is 24.3 Å². The Hall–Kier alpha value is -2.73. The lowest BCUT2D eigenvalue weighted by Crippen LogP contribution is -2.40. The van der Waals surface area contributed by atoms with Gasteiger partial charge in [-0.15, -0.1) is 0 Å². The second-order valence-electron chi connectivity index (χ2n) is 6.63. The molecule has 0 unspecified atom stereocenters. The second kappa shape index (κ2) is 9.65. The average molecular weight is 414 g/mol. The zero-order chi connectivity index (χ0) is 20.7. The maximum atomic E-state index is 12.6. The van der Waals surface area contributed by atoms with Gasteiger partial charge in [-0.2, -0.15) is 9.57 Å². The highest BCUT2D eigenvalue weighted by atomic mass is 32.2. The molecule has 0 aliphatic carbocycles. The van der Waals surface area contributed by atoms with Gasteiger partial charge in [0, 0.05) is 19.5 Å². The molecule has 8 heteroatoms. The molecule has 7 nitrogen and oxygen atoms in total. The molecule has 0 amide bonds. The lowest BCUT2D eigenvalue weighted by molar-refractivity contribution is -0.144. The number of ether oxygens (including phenoxy) is 2. The highest BCUT2D eigenvalue weighted by Gasteiger charge is 2.26. The van der Waals surface area contributed by atoms with E-state index in [0.717, 1.165) is 11.1 Å². The van der Waals surface area contributed by atoms with Crippen molar-refractivity contribution >= 4 is 16.0 Å². The van der Waals surface area contributed by atoms with Crippen molar-refractivity contribution in [1.29, 1.82) is 5.26 Å². The number of aryl methyl sites for hydroxylation is 1. The molecule has 3 rings (SSSR count). The summed E-state index contributed by atoms with van der Waals surface area (Å²) in [6.45, 7) is 1.63. The van der Waals surface area contributed by atoms with Gasteiger partial charge in [-0.1, -0.05) is 24.3 Å². The minimum atomic E-state index is -3.52. The summed E-state index contributed by atoms with van der Waals surface area (Å²) in [5.41, 5.74) is 2.13. The molecule has 1 saturated heterocycles. The van der Waals surface area contributed by atoms with Gasteiger partial charge in [-0.3, -0.25) is 4.79 Å². The highest BCUT2D eigenvalue weighted by molar-refractivity contribution is 7.89. The van der Waals surface area contributed by atoms with E-state index in [-0.39, 0.29) is 23.9 Å². The summed E-state index contributed by atoms with van der Waals surface area (Å²) >= 11 is 0. The summed E-state index contributed by atoms with van der Waals surface area (Å²) < 4.78 is 37.1. The quantitative estimate of drug-likeness (QED) is 0.645. The molecule has 1 aliphatic rings. The van der Waals surface area contributed by atoms with E-state index in [1.165, 1.54) is 4.31 Å². The van der Waals surface area contributed by atoms with Crippen LogP contribution in [0.2, 0.25) is 0 Å². The normalized spacial score (nSPS) is 14.9. The fraction of sp³-hybridized carbons (Fsp3) is 0.333. The number of morpholine rings is 1. The molecule has 0 saturated carbocycles. The number of hydrogen-bond donors (Lipinski definition) is 0. The van der Waals surface area contributed by atoms with Crippen LogP contribution in [0.25, 0.3) is 0 Å². The van der Waals surface area contributed by atoms with E-state index in [9.17, 15) is 13.2 Å². The molecule has 0 N–H and O–H groups in total. The van der Waals surface area contributed by atoms with Gasteiger partial charge in [0.1, 0.15) is 6.61 Å². The molecule has 0 atom stereocenters. The fourth-order valence-electron chi connectivity index (χ4n) is 2.98. The van der Waals surface area contributed by atoms with Gasteiger partial charge in [-0.25, -0.2) is 8.42 Å². The number of sulfonamides is 1. The Morgan fingerprint density at radius 2 is 1.83 bits per heavy atom. The molecule has 2 aromatic carbocycles. The summed E-state index contributed by atoms with van der Waals surface area (Å²) in [6, 6.07) is 15.5. The molecule has 0 spiro atoms. The Balaban J connectivity index is 1.50. The first-order valence-corrected chi connectivity index (χ1v) is 10.7. The third-order valence-electron chi connectivity index (χ3n) is 4.60. The Kier molecular flexibility index (Phi) is 6.99. The van der Waals surface area contributed by atoms with Gasteiger partial charge < -0.3 is 9.47 Å². The van der Waals surface area contributed by atoms with Crippen LogP contribution in [0, 0.1) is 11.3 Å². The first-order chi connectivity index (χ1) is 14.0. The molecular weight excluding hydrogens is 392 g/mol. The minimum absolute atomic E-state index is 0.116. The van der Waals surface area contributed by atoms with Gasteiger partial charge in [0.2, 0.25) is 10.0 Å². The first kappa shape index (κ1) is 21.0. The van der Waals surface area contributed by atoms with Crippen molar-refractivity contribution in [1.82, 2.24) is 4.31 Å². The molecule has 29 heavy (non-hydrogen) atoms. The summed E-state index contributed by atoms with van der Waals surface area (Å²) in [7, 11) is -3.52. The molecule has 2 aromatic rings. The summed E-state index contributed by atoms with van der Waals surface area (Å²) in [6.07, 6.45) is 0.641. The van der Waals surface area contributed by atoms with Gasteiger partial charge in [0.05, 0.1) is 29.7 Å². The number of nitriles is 1. The van der Waals surface area contributed by atoms with Gasteiger partial charge in [-0.05, 0) is 41.8 Å². The molecule has 0 bridgehead atoms. The van der Waals surface area contributed by atoms with Crippen LogP contribution in [0.3, 0.4) is 0 Å². The van der Waals surface area contributed by atoms with Crippen molar-refractivity contribution < 1.29 is 22.7 Å². The molecular formula is C21H22N2O5S. The standard InChI is InChI=1S/C21H22N2O5S/c22-15-18-2-1-3-19(14-18)16-28-21(24)9-6-17-4-7-20(8-5-17)29(25,26)23-10-12-27-13-11-23/h1-5,7-8,14H,6,9-13,16H2. The van der Waals surface area contributed by atoms with Crippen molar-refractivity contribution in [2.24, 2.45) is 0 Å². The fourth-order valence-corrected chi connectivity index (χ4v) is 4.39. The molecule has 0 radical (unpaired) electrons. The van der Waals surface area contributed by atoms with E-state index in [0.29, 0.717) is 38.3 Å². The number of nitrogens with zero attached hydrogens (tertiary/aromatic N) is 2. The van der Waals surface area contributed by atoms with Gasteiger partial charge in [0.25, 0.3) is 0 Å². The Bertz CT molecular complexity index is 990. The van der Waals surface area contributed by atoms with Crippen LogP contribution in [-0.2, 0) is 37.3 Å². The minimum Gasteiger partial charge on any atom is -0.461 e. The zero-order valence-corrected chi connectivity index (χ0v) is 16.7. The summed E-state index contributed by atoms with van der Waals surface area (Å²) in [5, 5.41) is 8.89. The van der Waals surface area contributed by atoms with Crippen molar-refractivity contribution in [3.63, 3.8) is 0 Å². The summed E-state index contributed by atoms with van der Waals surface area (Å²) in [4.78, 5) is 12.2. The zero-order valence-electron chi connectivity index (χ0n) is 15.9. The van der Waals surface area contributed by atoms with Crippen molar-refractivity contribution in [3.8, 4) is 6.07 Å². The smallest absolute Gasteiger partial charge is 0.306 e. The van der Waals surface area contributed by atoms with Gasteiger partial charge >= 0.3 is 5.97 Å². The van der Waals surface area contributed by atoms with Gasteiger partial charge in [0.15, 0.2) is 0 Å². The van der Waals surface area contributed by atoms with E-state index in [2.05, 4.69) is 0 Å². The van der Waals surface area contributed by atoms with Crippen LogP contribution in [0.5, 0.6) is 0 Å². The average Bonchev–Trinajstić information content (AvgIpc) is 2.77. The summed E-state index contributed by atoms with van der Waals surface area (Å²) in [5.74, 6) is -0.350. The second-order valence-corrected chi connectivity index (χ2v) is 8.57. The maximum Gasteiger partial charge on any atom is 0.306 e. The number of hydrogen-bond acceptors (Lipinski definition) is 6. The van der Waals surface area contributed by atoms with E-state index in [4.69, 9.17) is 14.7 Å². The Morgan fingerprint density at radius 1 is 1.10 bits per heavy atom. The molecule has 1 aliphatic heterocycles. The predicted molar refractivity (Wildman–Crippen MR) is 105 cm³/mol. The molecule has 1 heterocycles. The monoisotopic (exact) mass is 414 g/mol. The van der Waals surface area contributed by atoms with Crippen LogP contribution < -0.4 is 0 Å². The van der Waals surface area contributed by atoms with Crippen molar-refractivity contribution in [3.05, 3.63) is 65.2 Å². The van der Waals surface area contributed by atoms with E-state index in [1.54, 1.807) is 48.5 Å². The van der Waals surface area contributed by atoms with Crippen LogP contribution >= 0.6 is 0 Å². The Morgan fingerprint density at radius 3 is 2.52 bits per heavy atom. The van der Waals surface area contributed by atoms with Crippen LogP contribution in [0.15, 0.2) is 53.4 Å². The third kappa shape index (κ3) is 5.64. The van der Waals surface area contributed by atoms with Crippen LogP contribution in [-0.4, -0.2) is 45.0 Å². The largest absolute Gasteiger partial charge is 0.461 e. The SMILES string of the molecule is N#Cc1cccc(COC(=O)CCc2ccc(S(=O)(=O)N3CCOCC3)cc2)c1. The highest BCUT2D eigenvalue weighted by Crippen LogP contribution is 2.18. The van der Waals surface area contributed by atoms with Crippen molar-refractivity contribution in [2.75, 3.05) is 26.3 Å². The number of carbonyl (C=O) groups is 1. The van der Waals surface area contributed by atoms with Crippen LogP contribution in [0.1, 0.15) is 23.1 Å². The van der Waals surface area contributed by atoms with E-state index < -0.39 is 10.0 Å². The number of rotatable bonds is 7. The lowest BCUT2D eigenvalue weighted by atomic mass is 10.1. The molecule has 0 aromatic heterocycles. The first-order valence-electron chi connectivity index (χ1n) is 9.30. The number of carbonyl (C=O) groups excluding carboxylic acids is 1.